The molecule has 0 aliphatic carbocycles. The normalized spacial score (nSPS) is 12.0. The van der Waals surface area contributed by atoms with Crippen molar-refractivity contribution in [2.24, 2.45) is 0 Å². The zero-order chi connectivity index (χ0) is 19.8. The summed E-state index contributed by atoms with van der Waals surface area (Å²) in [6.07, 6.45) is 1.58. The van der Waals surface area contributed by atoms with E-state index in [-0.39, 0.29) is 35.7 Å². The molecule has 0 unspecified atom stereocenters. The number of methoxy groups -OCH3 is 1. The number of carbonyl (C=O) groups is 2. The molecule has 0 aliphatic rings. The van der Waals surface area contributed by atoms with Crippen LogP contribution in [0.3, 0.4) is 0 Å². The number of benzene rings is 1. The Morgan fingerprint density at radius 3 is 2.78 bits per heavy atom. The highest BCUT2D eigenvalue weighted by atomic mass is 32.2. The van der Waals surface area contributed by atoms with Crippen molar-refractivity contribution in [3.05, 3.63) is 34.6 Å². The van der Waals surface area contributed by atoms with Crippen molar-refractivity contribution in [1.29, 1.82) is 0 Å². The number of para-hydroxylation sites is 1. The van der Waals surface area contributed by atoms with Gasteiger partial charge in [-0.2, -0.15) is 0 Å². The molecule has 0 saturated heterocycles. The largest absolute Gasteiger partial charge is 0.469 e. The predicted molar refractivity (Wildman–Crippen MR) is 106 cm³/mol. The van der Waals surface area contributed by atoms with Crippen molar-refractivity contribution in [3.8, 4) is 0 Å². The Balaban J connectivity index is 2.08. The molecular formula is C19H25N3O4S. The molecule has 27 heavy (non-hydrogen) atoms. The average molecular weight is 391 g/mol. The number of carbonyl (C=O) groups excluding carboxylic acids is 2. The van der Waals surface area contributed by atoms with Gasteiger partial charge in [-0.15, -0.1) is 0 Å². The molecule has 0 bridgehead atoms. The Hall–Kier alpha value is -2.35. The van der Waals surface area contributed by atoms with Crippen LogP contribution in [0.2, 0.25) is 0 Å². The predicted octanol–water partition coefficient (Wildman–Crippen LogP) is 2.53. The van der Waals surface area contributed by atoms with Crippen LogP contribution < -0.4 is 10.9 Å². The van der Waals surface area contributed by atoms with E-state index in [9.17, 15) is 14.4 Å². The molecule has 1 aromatic carbocycles. The summed E-state index contributed by atoms with van der Waals surface area (Å²) in [5.74, 6) is -0.307. The van der Waals surface area contributed by atoms with Crippen molar-refractivity contribution in [2.45, 2.75) is 44.3 Å². The van der Waals surface area contributed by atoms with Gasteiger partial charge in [0.05, 0.1) is 23.8 Å². The Morgan fingerprint density at radius 1 is 1.33 bits per heavy atom. The van der Waals surface area contributed by atoms with Gasteiger partial charge in [0.15, 0.2) is 5.16 Å². The van der Waals surface area contributed by atoms with Gasteiger partial charge >= 0.3 is 5.97 Å². The molecule has 8 heteroatoms. The number of nitrogens with one attached hydrogen (secondary N) is 1. The SMILES string of the molecule is CC[C@H](C)n1c(SCC(=O)NCCCC(=O)OC)nc2ccccc2c1=O. The van der Waals surface area contributed by atoms with E-state index in [4.69, 9.17) is 0 Å². The fraction of sp³-hybridized carbons (Fsp3) is 0.474. The van der Waals surface area contributed by atoms with Crippen molar-refractivity contribution in [2.75, 3.05) is 19.4 Å². The van der Waals surface area contributed by atoms with Crippen LogP contribution in [0.25, 0.3) is 10.9 Å². The summed E-state index contributed by atoms with van der Waals surface area (Å²) < 4.78 is 6.22. The maximum absolute atomic E-state index is 12.9. The molecule has 7 nitrogen and oxygen atoms in total. The second-order valence-electron chi connectivity index (χ2n) is 6.16. The number of hydrogen-bond donors (Lipinski definition) is 1. The molecule has 1 atom stereocenters. The van der Waals surface area contributed by atoms with E-state index < -0.39 is 0 Å². The second kappa shape index (κ2) is 10.1. The number of aromatic nitrogens is 2. The van der Waals surface area contributed by atoms with Crippen LogP contribution in [0.5, 0.6) is 0 Å². The van der Waals surface area contributed by atoms with E-state index in [2.05, 4.69) is 15.0 Å². The average Bonchev–Trinajstić information content (AvgIpc) is 2.69. The van der Waals surface area contributed by atoms with Crippen molar-refractivity contribution >= 4 is 34.5 Å². The Bertz CT molecular complexity index is 866. The molecule has 0 saturated carbocycles. The number of ether oxygens (including phenoxy) is 1. The summed E-state index contributed by atoms with van der Waals surface area (Å²) >= 11 is 1.24. The van der Waals surface area contributed by atoms with Gasteiger partial charge in [-0.25, -0.2) is 4.98 Å². The third kappa shape index (κ3) is 5.56. The van der Waals surface area contributed by atoms with Gasteiger partial charge in [-0.05, 0) is 31.9 Å². The first kappa shape index (κ1) is 21.0. The molecule has 1 heterocycles. The molecule has 0 radical (unpaired) electrons. The molecule has 2 aromatic rings. The summed E-state index contributed by atoms with van der Waals surface area (Å²) in [6, 6.07) is 7.21. The van der Waals surface area contributed by atoms with E-state index in [0.717, 1.165) is 6.42 Å². The molecule has 0 fully saturated rings. The molecular weight excluding hydrogens is 366 g/mol. The Kier molecular flexibility index (Phi) is 7.84. The minimum Gasteiger partial charge on any atom is -0.469 e. The van der Waals surface area contributed by atoms with Gasteiger partial charge in [0.2, 0.25) is 5.91 Å². The third-order valence-corrected chi connectivity index (χ3v) is 5.20. The lowest BCUT2D eigenvalue weighted by molar-refractivity contribution is -0.140. The topological polar surface area (TPSA) is 90.3 Å². The second-order valence-corrected chi connectivity index (χ2v) is 7.10. The first-order chi connectivity index (χ1) is 13.0. The summed E-state index contributed by atoms with van der Waals surface area (Å²) in [7, 11) is 1.34. The van der Waals surface area contributed by atoms with Gasteiger partial charge in [-0.1, -0.05) is 30.8 Å². The van der Waals surface area contributed by atoms with E-state index in [1.54, 1.807) is 16.7 Å². The summed E-state index contributed by atoms with van der Waals surface area (Å²) in [5, 5.41) is 3.88. The highest BCUT2D eigenvalue weighted by Crippen LogP contribution is 2.22. The number of nitrogens with zero attached hydrogens (tertiary/aromatic N) is 2. The van der Waals surface area contributed by atoms with Crippen LogP contribution in [-0.4, -0.2) is 40.8 Å². The fourth-order valence-electron chi connectivity index (χ4n) is 2.54. The highest BCUT2D eigenvalue weighted by molar-refractivity contribution is 7.99. The summed E-state index contributed by atoms with van der Waals surface area (Å²) in [5.41, 5.74) is 0.541. The van der Waals surface area contributed by atoms with Crippen LogP contribution in [0.4, 0.5) is 0 Å². The standard InChI is InChI=1S/C19H25N3O4S/c1-4-13(2)22-18(25)14-8-5-6-9-15(14)21-19(22)27-12-16(23)20-11-7-10-17(24)26-3/h5-6,8-9,13H,4,7,10-12H2,1-3H3,(H,20,23)/t13-/m0/s1. The first-order valence-electron chi connectivity index (χ1n) is 8.95. The lowest BCUT2D eigenvalue weighted by Gasteiger charge is -2.18. The molecule has 1 amide bonds. The van der Waals surface area contributed by atoms with Crippen LogP contribution in [0.1, 0.15) is 39.2 Å². The minimum absolute atomic E-state index is 0.0137. The van der Waals surface area contributed by atoms with Gasteiger partial charge in [-0.3, -0.25) is 19.0 Å². The van der Waals surface area contributed by atoms with Crippen LogP contribution >= 0.6 is 11.8 Å². The molecule has 0 aliphatic heterocycles. The molecule has 146 valence electrons. The maximum Gasteiger partial charge on any atom is 0.305 e. The van der Waals surface area contributed by atoms with Gasteiger partial charge in [0.25, 0.3) is 5.56 Å². The van der Waals surface area contributed by atoms with E-state index in [1.807, 2.05) is 26.0 Å². The number of rotatable bonds is 9. The highest BCUT2D eigenvalue weighted by Gasteiger charge is 2.16. The minimum atomic E-state index is -0.295. The number of thioether (sulfide) groups is 1. The van der Waals surface area contributed by atoms with E-state index in [1.165, 1.54) is 18.9 Å². The van der Waals surface area contributed by atoms with Gasteiger partial charge in [0.1, 0.15) is 0 Å². The summed E-state index contributed by atoms with van der Waals surface area (Å²) in [6.45, 7) is 4.38. The van der Waals surface area contributed by atoms with Crippen molar-refractivity contribution in [1.82, 2.24) is 14.9 Å². The molecule has 1 N–H and O–H groups in total. The van der Waals surface area contributed by atoms with Crippen LogP contribution in [-0.2, 0) is 14.3 Å². The number of fused-ring (bicyclic) bond motifs is 1. The zero-order valence-electron chi connectivity index (χ0n) is 15.9. The smallest absolute Gasteiger partial charge is 0.305 e. The molecule has 1 aromatic heterocycles. The number of esters is 1. The monoisotopic (exact) mass is 391 g/mol. The number of hydrogen-bond acceptors (Lipinski definition) is 6. The number of amides is 1. The Morgan fingerprint density at radius 2 is 2.07 bits per heavy atom. The van der Waals surface area contributed by atoms with Crippen LogP contribution in [0.15, 0.2) is 34.2 Å². The summed E-state index contributed by atoms with van der Waals surface area (Å²) in [4.78, 5) is 40.6. The lowest BCUT2D eigenvalue weighted by atomic mass is 10.2. The first-order valence-corrected chi connectivity index (χ1v) is 9.94. The van der Waals surface area contributed by atoms with E-state index >= 15 is 0 Å². The maximum atomic E-state index is 12.9. The van der Waals surface area contributed by atoms with E-state index in [0.29, 0.717) is 29.0 Å². The zero-order valence-corrected chi connectivity index (χ0v) is 16.7. The lowest BCUT2D eigenvalue weighted by Crippen LogP contribution is -2.29. The van der Waals surface area contributed by atoms with Gasteiger partial charge in [0, 0.05) is 19.0 Å². The molecule has 0 spiro atoms. The Labute approximate surface area is 162 Å². The third-order valence-electron chi connectivity index (χ3n) is 4.25. The van der Waals surface area contributed by atoms with Crippen molar-refractivity contribution < 1.29 is 14.3 Å². The fourth-order valence-corrected chi connectivity index (χ4v) is 3.47. The van der Waals surface area contributed by atoms with Gasteiger partial charge < -0.3 is 10.1 Å². The quantitative estimate of drug-likeness (QED) is 0.306. The van der Waals surface area contributed by atoms with Crippen molar-refractivity contribution in [3.63, 3.8) is 0 Å². The van der Waals surface area contributed by atoms with Crippen LogP contribution in [0, 0.1) is 0 Å². The molecule has 2 rings (SSSR count).